The molecule has 0 aliphatic carbocycles. The van der Waals surface area contributed by atoms with Crippen molar-refractivity contribution in [3.8, 4) is 5.75 Å². The van der Waals surface area contributed by atoms with Crippen LogP contribution in [0.2, 0.25) is 5.02 Å². The molecule has 1 saturated heterocycles. The van der Waals surface area contributed by atoms with Gasteiger partial charge in [0.2, 0.25) is 5.91 Å². The third kappa shape index (κ3) is 3.69. The van der Waals surface area contributed by atoms with Gasteiger partial charge in [-0.3, -0.25) is 4.79 Å². The Morgan fingerprint density at radius 3 is 2.74 bits per heavy atom. The van der Waals surface area contributed by atoms with Crippen LogP contribution in [0.1, 0.15) is 29.5 Å². The number of amides is 1. The van der Waals surface area contributed by atoms with Crippen LogP contribution in [0.3, 0.4) is 0 Å². The van der Waals surface area contributed by atoms with E-state index in [1.165, 1.54) is 11.1 Å². The number of benzene rings is 2. The summed E-state index contributed by atoms with van der Waals surface area (Å²) in [7, 11) is 0. The van der Waals surface area contributed by atoms with E-state index in [1.54, 1.807) is 0 Å². The second-order valence-electron chi connectivity index (χ2n) is 7.22. The Hall–Kier alpha value is -2.04. The predicted octanol–water partition coefficient (Wildman–Crippen LogP) is 3.68. The van der Waals surface area contributed by atoms with E-state index in [4.69, 9.17) is 21.1 Å². The van der Waals surface area contributed by atoms with E-state index in [1.807, 2.05) is 30.3 Å². The lowest BCUT2D eigenvalue weighted by molar-refractivity contribution is -0.130. The minimum absolute atomic E-state index is 0.0448. The van der Waals surface area contributed by atoms with Crippen molar-refractivity contribution in [2.24, 2.45) is 0 Å². The summed E-state index contributed by atoms with van der Waals surface area (Å²) in [5.74, 6) is 1.03. The maximum atomic E-state index is 13.2. The molecule has 0 atom stereocenters. The SMILES string of the molecule is O=C(NCCc1ccc2c(c1)CCO2)C1(c2ccccc2Cl)CCOCC1. The normalized spacial score (nSPS) is 17.8. The zero-order valence-corrected chi connectivity index (χ0v) is 16.1. The summed E-state index contributed by atoms with van der Waals surface area (Å²) in [5.41, 5.74) is 2.78. The fourth-order valence-corrected chi connectivity index (χ4v) is 4.39. The molecule has 0 spiro atoms. The minimum Gasteiger partial charge on any atom is -0.493 e. The lowest BCUT2D eigenvalue weighted by atomic mass is 9.73. The van der Waals surface area contributed by atoms with Crippen molar-refractivity contribution in [3.63, 3.8) is 0 Å². The minimum atomic E-state index is -0.609. The molecule has 0 radical (unpaired) electrons. The molecule has 2 aliphatic heterocycles. The molecular weight excluding hydrogens is 362 g/mol. The third-order valence-electron chi connectivity index (χ3n) is 5.62. The van der Waals surface area contributed by atoms with Gasteiger partial charge >= 0.3 is 0 Å². The van der Waals surface area contributed by atoms with Gasteiger partial charge < -0.3 is 14.8 Å². The second kappa shape index (κ2) is 7.91. The number of nitrogens with one attached hydrogen (secondary N) is 1. The van der Waals surface area contributed by atoms with E-state index in [2.05, 4.69) is 17.4 Å². The van der Waals surface area contributed by atoms with Crippen LogP contribution in [-0.2, 0) is 27.8 Å². The number of halogens is 1. The van der Waals surface area contributed by atoms with Gasteiger partial charge in [0.05, 0.1) is 12.0 Å². The average Bonchev–Trinajstić information content (AvgIpc) is 3.16. The summed E-state index contributed by atoms with van der Waals surface area (Å²) in [6.07, 6.45) is 3.07. The summed E-state index contributed by atoms with van der Waals surface area (Å²) in [6.45, 7) is 2.51. The van der Waals surface area contributed by atoms with Gasteiger partial charge in [-0.2, -0.15) is 0 Å². The van der Waals surface area contributed by atoms with Crippen LogP contribution in [0, 0.1) is 0 Å². The first-order valence-corrected chi connectivity index (χ1v) is 9.92. The van der Waals surface area contributed by atoms with Gasteiger partial charge in [-0.05, 0) is 48.1 Å². The maximum absolute atomic E-state index is 13.2. The molecule has 0 unspecified atom stereocenters. The second-order valence-corrected chi connectivity index (χ2v) is 7.63. The highest BCUT2D eigenvalue weighted by Gasteiger charge is 2.42. The topological polar surface area (TPSA) is 47.6 Å². The highest BCUT2D eigenvalue weighted by Crippen LogP contribution is 2.38. The number of ether oxygens (including phenoxy) is 2. The molecule has 4 nitrogen and oxygen atoms in total. The number of fused-ring (bicyclic) bond motifs is 1. The molecule has 2 aliphatic rings. The highest BCUT2D eigenvalue weighted by molar-refractivity contribution is 6.31. The number of hydrogen-bond acceptors (Lipinski definition) is 3. The summed E-state index contributed by atoms with van der Waals surface area (Å²) in [6, 6.07) is 14.0. The van der Waals surface area contributed by atoms with Crippen molar-refractivity contribution in [3.05, 3.63) is 64.2 Å². The maximum Gasteiger partial charge on any atom is 0.230 e. The van der Waals surface area contributed by atoms with E-state index < -0.39 is 5.41 Å². The fraction of sp³-hybridized carbons (Fsp3) is 0.409. The van der Waals surface area contributed by atoms with Gasteiger partial charge in [-0.25, -0.2) is 0 Å². The molecule has 1 amide bonds. The van der Waals surface area contributed by atoms with Crippen LogP contribution in [0.5, 0.6) is 5.75 Å². The summed E-state index contributed by atoms with van der Waals surface area (Å²) >= 11 is 6.44. The predicted molar refractivity (Wildman–Crippen MR) is 106 cm³/mol. The van der Waals surface area contributed by atoms with Crippen LogP contribution >= 0.6 is 11.6 Å². The average molecular weight is 386 g/mol. The van der Waals surface area contributed by atoms with Crippen LogP contribution < -0.4 is 10.1 Å². The Labute approximate surface area is 164 Å². The number of hydrogen-bond donors (Lipinski definition) is 1. The number of rotatable bonds is 5. The smallest absolute Gasteiger partial charge is 0.230 e. The van der Waals surface area contributed by atoms with Crippen LogP contribution in [0.4, 0.5) is 0 Å². The van der Waals surface area contributed by atoms with E-state index in [0.29, 0.717) is 37.6 Å². The highest BCUT2D eigenvalue weighted by atomic mass is 35.5. The fourth-order valence-electron chi connectivity index (χ4n) is 4.07. The monoisotopic (exact) mass is 385 g/mol. The molecule has 1 N–H and O–H groups in total. The molecule has 5 heteroatoms. The van der Waals surface area contributed by atoms with Crippen molar-refractivity contribution in [2.75, 3.05) is 26.4 Å². The van der Waals surface area contributed by atoms with E-state index >= 15 is 0 Å². The zero-order chi connectivity index (χ0) is 18.7. The molecule has 142 valence electrons. The Bertz CT molecular complexity index is 830. The first-order valence-electron chi connectivity index (χ1n) is 9.55. The van der Waals surface area contributed by atoms with Gasteiger partial charge in [0, 0.05) is 31.2 Å². The van der Waals surface area contributed by atoms with Crippen LogP contribution in [0.15, 0.2) is 42.5 Å². The van der Waals surface area contributed by atoms with Gasteiger partial charge in [0.25, 0.3) is 0 Å². The quantitative estimate of drug-likeness (QED) is 0.854. The van der Waals surface area contributed by atoms with E-state index in [9.17, 15) is 4.79 Å². The first kappa shape index (κ1) is 18.3. The molecule has 2 aromatic carbocycles. The summed E-state index contributed by atoms with van der Waals surface area (Å²) in [4.78, 5) is 13.2. The molecule has 0 bridgehead atoms. The zero-order valence-electron chi connectivity index (χ0n) is 15.3. The van der Waals surface area contributed by atoms with Gasteiger partial charge in [0.15, 0.2) is 0 Å². The molecule has 1 fully saturated rings. The molecule has 4 rings (SSSR count). The Kier molecular flexibility index (Phi) is 5.37. The Morgan fingerprint density at radius 2 is 1.93 bits per heavy atom. The lowest BCUT2D eigenvalue weighted by Gasteiger charge is -2.36. The lowest BCUT2D eigenvalue weighted by Crippen LogP contribution is -2.48. The largest absolute Gasteiger partial charge is 0.493 e. The molecule has 2 aromatic rings. The number of carbonyl (C=O) groups is 1. The van der Waals surface area contributed by atoms with E-state index in [0.717, 1.165) is 30.8 Å². The standard InChI is InChI=1S/C22H24ClNO3/c23-19-4-2-1-3-18(19)22(9-13-26-14-10-22)21(25)24-11-7-16-5-6-20-17(15-16)8-12-27-20/h1-6,15H,7-14H2,(H,24,25). The van der Waals surface area contributed by atoms with Gasteiger partial charge in [-0.1, -0.05) is 41.9 Å². The van der Waals surface area contributed by atoms with Crippen molar-refractivity contribution in [2.45, 2.75) is 31.1 Å². The van der Waals surface area contributed by atoms with Crippen LogP contribution in [0.25, 0.3) is 0 Å². The van der Waals surface area contributed by atoms with Crippen molar-refractivity contribution < 1.29 is 14.3 Å². The molecular formula is C22H24ClNO3. The summed E-state index contributed by atoms with van der Waals surface area (Å²) in [5, 5.41) is 3.80. The van der Waals surface area contributed by atoms with Crippen molar-refractivity contribution >= 4 is 17.5 Å². The Morgan fingerprint density at radius 1 is 1.11 bits per heavy atom. The Balaban J connectivity index is 1.45. The first-order chi connectivity index (χ1) is 13.2. The van der Waals surface area contributed by atoms with Crippen LogP contribution in [-0.4, -0.2) is 32.3 Å². The van der Waals surface area contributed by atoms with Crippen molar-refractivity contribution in [1.29, 1.82) is 0 Å². The van der Waals surface area contributed by atoms with Gasteiger partial charge in [0.1, 0.15) is 5.75 Å². The molecule has 2 heterocycles. The molecule has 0 aromatic heterocycles. The summed E-state index contributed by atoms with van der Waals surface area (Å²) < 4.78 is 11.1. The van der Waals surface area contributed by atoms with Crippen molar-refractivity contribution in [1.82, 2.24) is 5.32 Å². The van der Waals surface area contributed by atoms with Gasteiger partial charge in [-0.15, -0.1) is 0 Å². The van der Waals surface area contributed by atoms with E-state index in [-0.39, 0.29) is 5.91 Å². The number of carbonyl (C=O) groups excluding carboxylic acids is 1. The molecule has 0 saturated carbocycles. The third-order valence-corrected chi connectivity index (χ3v) is 5.95. The molecule has 27 heavy (non-hydrogen) atoms.